The Labute approximate surface area is 240 Å². The second-order valence-electron chi connectivity index (χ2n) is 14.0. The summed E-state index contributed by atoms with van der Waals surface area (Å²) in [5.74, 6) is 2.77. The summed E-state index contributed by atoms with van der Waals surface area (Å²) < 4.78 is 0. The van der Waals surface area contributed by atoms with E-state index in [1.807, 2.05) is 6.92 Å². The zero-order valence-corrected chi connectivity index (χ0v) is 27.4. The zero-order chi connectivity index (χ0) is 28.6. The normalized spacial score (nSPS) is 16.6. The van der Waals surface area contributed by atoms with Gasteiger partial charge in [0.2, 0.25) is 0 Å². The highest BCUT2D eigenvalue weighted by atomic mass is 16.4. The van der Waals surface area contributed by atoms with E-state index in [-0.39, 0.29) is 5.92 Å². The Bertz CT molecular complexity index is 515. The first-order valence-corrected chi connectivity index (χ1v) is 17.4. The van der Waals surface area contributed by atoms with Crippen molar-refractivity contribution >= 4 is 5.97 Å². The van der Waals surface area contributed by atoms with Gasteiger partial charge in [-0.05, 0) is 61.7 Å². The predicted molar refractivity (Wildman–Crippen MR) is 170 cm³/mol. The van der Waals surface area contributed by atoms with Crippen LogP contribution in [0.1, 0.15) is 190 Å². The number of unbranched alkanes of at least 4 members (excludes halogenated alkanes) is 15. The SMILES string of the molecule is CCCCCCCCCCCCCCCCCC[C@H](C)C[C@H](C)C[C@H](C)C[C@H](C)C[C@H](C)C[C@H](C)C(=O)O. The third kappa shape index (κ3) is 24.5. The second kappa shape index (κ2) is 25.4. The van der Waals surface area contributed by atoms with E-state index in [1.54, 1.807) is 0 Å². The topological polar surface area (TPSA) is 37.3 Å². The molecule has 2 nitrogen and oxygen atoms in total. The maximum atomic E-state index is 11.1. The Morgan fingerprint density at radius 3 is 1.08 bits per heavy atom. The van der Waals surface area contributed by atoms with Gasteiger partial charge in [0.1, 0.15) is 0 Å². The summed E-state index contributed by atoms with van der Waals surface area (Å²) in [7, 11) is 0. The molecule has 0 spiro atoms. The Morgan fingerprint density at radius 1 is 0.447 bits per heavy atom. The van der Waals surface area contributed by atoms with Crippen LogP contribution >= 0.6 is 0 Å². The summed E-state index contributed by atoms with van der Waals surface area (Å²) in [5, 5.41) is 9.15. The summed E-state index contributed by atoms with van der Waals surface area (Å²) >= 11 is 0. The molecule has 2 heteroatoms. The van der Waals surface area contributed by atoms with Crippen LogP contribution in [0, 0.1) is 35.5 Å². The van der Waals surface area contributed by atoms with E-state index < -0.39 is 5.97 Å². The summed E-state index contributed by atoms with van der Waals surface area (Å²) in [4.78, 5) is 11.1. The van der Waals surface area contributed by atoms with E-state index in [0.29, 0.717) is 11.8 Å². The number of hydrogen-bond donors (Lipinski definition) is 1. The lowest BCUT2D eigenvalue weighted by atomic mass is 9.81. The van der Waals surface area contributed by atoms with Crippen LogP contribution in [-0.2, 0) is 4.79 Å². The maximum absolute atomic E-state index is 11.1. The third-order valence-electron chi connectivity index (χ3n) is 8.95. The highest BCUT2D eigenvalue weighted by molar-refractivity contribution is 5.69. The largest absolute Gasteiger partial charge is 0.481 e. The van der Waals surface area contributed by atoms with Crippen LogP contribution < -0.4 is 0 Å². The molecule has 0 fully saturated rings. The van der Waals surface area contributed by atoms with Crippen molar-refractivity contribution in [3.05, 3.63) is 0 Å². The average molecular weight is 537 g/mol. The van der Waals surface area contributed by atoms with Gasteiger partial charge in [-0.3, -0.25) is 4.79 Å². The van der Waals surface area contributed by atoms with Crippen LogP contribution in [0.25, 0.3) is 0 Å². The number of rotatable bonds is 28. The molecule has 0 radical (unpaired) electrons. The van der Waals surface area contributed by atoms with Gasteiger partial charge in [-0.2, -0.15) is 0 Å². The highest BCUT2D eigenvalue weighted by Crippen LogP contribution is 2.29. The zero-order valence-electron chi connectivity index (χ0n) is 27.4. The molecule has 0 heterocycles. The fourth-order valence-electron chi connectivity index (χ4n) is 7.00. The summed E-state index contributed by atoms with van der Waals surface area (Å²) in [5.41, 5.74) is 0. The van der Waals surface area contributed by atoms with Crippen LogP contribution in [-0.4, -0.2) is 11.1 Å². The van der Waals surface area contributed by atoms with E-state index in [9.17, 15) is 4.79 Å². The Balaban J connectivity index is 3.63. The van der Waals surface area contributed by atoms with Crippen molar-refractivity contribution in [3.8, 4) is 0 Å². The van der Waals surface area contributed by atoms with Crippen molar-refractivity contribution in [2.24, 2.45) is 35.5 Å². The Morgan fingerprint density at radius 2 is 0.737 bits per heavy atom. The van der Waals surface area contributed by atoms with Gasteiger partial charge in [-0.15, -0.1) is 0 Å². The van der Waals surface area contributed by atoms with Gasteiger partial charge in [0.15, 0.2) is 0 Å². The minimum Gasteiger partial charge on any atom is -0.481 e. The van der Waals surface area contributed by atoms with Gasteiger partial charge in [0.25, 0.3) is 0 Å². The first-order chi connectivity index (χ1) is 18.1. The van der Waals surface area contributed by atoms with Gasteiger partial charge >= 0.3 is 5.97 Å². The molecule has 228 valence electrons. The van der Waals surface area contributed by atoms with E-state index in [1.165, 1.54) is 128 Å². The van der Waals surface area contributed by atoms with E-state index in [4.69, 9.17) is 5.11 Å². The minimum atomic E-state index is -0.652. The molecule has 0 amide bonds. The lowest BCUT2D eigenvalue weighted by molar-refractivity contribution is -0.141. The smallest absolute Gasteiger partial charge is 0.306 e. The molecule has 0 rings (SSSR count). The van der Waals surface area contributed by atoms with Crippen LogP contribution in [0.3, 0.4) is 0 Å². The van der Waals surface area contributed by atoms with Crippen LogP contribution in [0.2, 0.25) is 0 Å². The minimum absolute atomic E-state index is 0.217. The average Bonchev–Trinajstić information content (AvgIpc) is 2.83. The molecule has 6 atom stereocenters. The fourth-order valence-corrected chi connectivity index (χ4v) is 7.00. The van der Waals surface area contributed by atoms with Crippen molar-refractivity contribution in [2.45, 2.75) is 190 Å². The number of carbonyl (C=O) groups is 1. The molecule has 0 aromatic carbocycles. The summed E-state index contributed by atoms with van der Waals surface area (Å²) in [6.07, 6.45) is 30.5. The van der Waals surface area contributed by atoms with E-state index in [2.05, 4.69) is 41.5 Å². The summed E-state index contributed by atoms with van der Waals surface area (Å²) in [6.45, 7) is 16.1. The molecule has 0 saturated heterocycles. The molecule has 0 saturated carbocycles. The first kappa shape index (κ1) is 37.5. The molecular weight excluding hydrogens is 464 g/mol. The monoisotopic (exact) mass is 537 g/mol. The fraction of sp³-hybridized carbons (Fsp3) is 0.972. The highest BCUT2D eigenvalue weighted by Gasteiger charge is 2.19. The molecule has 0 aliphatic carbocycles. The molecule has 0 bridgehead atoms. The lowest BCUT2D eigenvalue weighted by Gasteiger charge is -2.24. The molecule has 0 aromatic heterocycles. The van der Waals surface area contributed by atoms with Crippen LogP contribution in [0.4, 0.5) is 0 Å². The third-order valence-corrected chi connectivity index (χ3v) is 8.95. The molecule has 0 aliphatic heterocycles. The second-order valence-corrected chi connectivity index (χ2v) is 14.0. The number of carboxylic acid groups (broad SMARTS) is 1. The maximum Gasteiger partial charge on any atom is 0.306 e. The van der Waals surface area contributed by atoms with Crippen molar-refractivity contribution < 1.29 is 9.90 Å². The van der Waals surface area contributed by atoms with Crippen molar-refractivity contribution in [2.75, 3.05) is 0 Å². The Hall–Kier alpha value is -0.530. The van der Waals surface area contributed by atoms with Gasteiger partial charge in [-0.1, -0.05) is 158 Å². The number of aliphatic carboxylic acids is 1. The van der Waals surface area contributed by atoms with Gasteiger partial charge in [-0.25, -0.2) is 0 Å². The van der Waals surface area contributed by atoms with E-state index in [0.717, 1.165) is 30.6 Å². The quantitative estimate of drug-likeness (QED) is 0.101. The molecule has 0 unspecified atom stereocenters. The van der Waals surface area contributed by atoms with Crippen molar-refractivity contribution in [1.82, 2.24) is 0 Å². The molecule has 0 aliphatic rings. The van der Waals surface area contributed by atoms with Crippen molar-refractivity contribution in [1.29, 1.82) is 0 Å². The van der Waals surface area contributed by atoms with E-state index >= 15 is 0 Å². The van der Waals surface area contributed by atoms with Gasteiger partial charge in [0, 0.05) is 0 Å². The lowest BCUT2D eigenvalue weighted by Crippen LogP contribution is -2.16. The van der Waals surface area contributed by atoms with Crippen LogP contribution in [0.5, 0.6) is 0 Å². The molecular formula is C36H72O2. The molecule has 1 N–H and O–H groups in total. The standard InChI is InChI=1S/C36H72O2/c1-8-9-10-11-12-13-14-15-16-17-18-19-20-21-22-23-24-30(2)25-31(3)26-32(4)27-33(5)28-34(6)29-35(7)36(37)38/h30-35H,8-29H2,1-7H3,(H,37,38)/t30-,31-,32-,33-,34-,35-/m0/s1. The van der Waals surface area contributed by atoms with Gasteiger partial charge < -0.3 is 5.11 Å². The predicted octanol–water partition coefficient (Wildman–Crippen LogP) is 12.5. The van der Waals surface area contributed by atoms with Gasteiger partial charge in [0.05, 0.1) is 5.92 Å². The Kier molecular flexibility index (Phi) is 25.1. The number of hydrogen-bond acceptors (Lipinski definition) is 1. The number of carboxylic acids is 1. The molecule has 38 heavy (non-hydrogen) atoms. The summed E-state index contributed by atoms with van der Waals surface area (Å²) in [6, 6.07) is 0. The first-order valence-electron chi connectivity index (χ1n) is 17.4. The van der Waals surface area contributed by atoms with Crippen molar-refractivity contribution in [3.63, 3.8) is 0 Å². The van der Waals surface area contributed by atoms with Crippen LogP contribution in [0.15, 0.2) is 0 Å². The molecule has 0 aromatic rings.